The lowest BCUT2D eigenvalue weighted by Gasteiger charge is -2.28. The fourth-order valence-corrected chi connectivity index (χ4v) is 4.19. The first kappa shape index (κ1) is 26.6. The summed E-state index contributed by atoms with van der Waals surface area (Å²) in [5.74, 6) is 0.150. The molecule has 2 aromatic carbocycles. The van der Waals surface area contributed by atoms with E-state index in [-0.39, 0.29) is 23.9 Å². The Morgan fingerprint density at radius 3 is 2.23 bits per heavy atom. The van der Waals surface area contributed by atoms with Gasteiger partial charge in [-0.1, -0.05) is 42.5 Å². The molecule has 6 heteroatoms. The molecular weight excluding hydrogens is 442 g/mol. The van der Waals surface area contributed by atoms with Crippen molar-refractivity contribution in [2.24, 2.45) is 11.8 Å². The Bertz CT molecular complexity index is 990. The molecule has 6 nitrogen and oxygen atoms in total. The van der Waals surface area contributed by atoms with Gasteiger partial charge in [-0.05, 0) is 83.6 Å². The summed E-state index contributed by atoms with van der Waals surface area (Å²) < 4.78 is 17.3. The van der Waals surface area contributed by atoms with Crippen LogP contribution in [0.15, 0.2) is 54.6 Å². The predicted octanol–water partition coefficient (Wildman–Crippen LogP) is 6.02. The minimum Gasteiger partial charge on any atom is -0.489 e. The number of nitrogens with zero attached hydrogens (tertiary/aromatic N) is 1. The number of benzene rings is 2. The van der Waals surface area contributed by atoms with Gasteiger partial charge in [0.05, 0.1) is 5.92 Å². The molecule has 0 aliphatic carbocycles. The highest BCUT2D eigenvalue weighted by Gasteiger charge is 2.39. The molecule has 3 rings (SSSR count). The topological polar surface area (TPSA) is 65.1 Å². The zero-order chi connectivity index (χ0) is 25.6. The number of carbonyl (C=O) groups excluding carboxylic acids is 2. The Balaban J connectivity index is 1.72. The molecule has 1 amide bonds. The Hall–Kier alpha value is -3.02. The first-order valence-corrected chi connectivity index (χ1v) is 12.4. The molecule has 0 N–H and O–H groups in total. The Labute approximate surface area is 209 Å². The number of esters is 1. The number of rotatable bonds is 7. The molecule has 190 valence electrons. The van der Waals surface area contributed by atoms with Gasteiger partial charge in [-0.3, -0.25) is 4.79 Å². The van der Waals surface area contributed by atoms with Crippen molar-refractivity contribution in [3.8, 4) is 5.75 Å². The minimum absolute atomic E-state index is 0.00809. The maximum Gasteiger partial charge on any atom is 0.410 e. The first-order chi connectivity index (χ1) is 16.4. The second kappa shape index (κ2) is 11.1. The number of likely N-dealkylation sites (tertiary alicyclic amines) is 1. The summed E-state index contributed by atoms with van der Waals surface area (Å²) in [7, 11) is 0. The Morgan fingerprint density at radius 1 is 0.914 bits per heavy atom. The summed E-state index contributed by atoms with van der Waals surface area (Å²) in [5.41, 5.74) is 0.958. The number of carbonyl (C=O) groups is 2. The summed E-state index contributed by atoms with van der Waals surface area (Å²) in [4.78, 5) is 27.6. The summed E-state index contributed by atoms with van der Waals surface area (Å²) in [5, 5.41) is 0. The van der Waals surface area contributed by atoms with E-state index >= 15 is 0 Å². The van der Waals surface area contributed by atoms with Crippen LogP contribution in [-0.2, 0) is 27.3 Å². The Morgan fingerprint density at radius 2 is 1.57 bits per heavy atom. The van der Waals surface area contributed by atoms with Crippen LogP contribution in [0.1, 0.15) is 59.1 Å². The van der Waals surface area contributed by atoms with E-state index in [0.29, 0.717) is 26.1 Å². The van der Waals surface area contributed by atoms with Crippen molar-refractivity contribution in [1.29, 1.82) is 0 Å². The van der Waals surface area contributed by atoms with Gasteiger partial charge in [0.15, 0.2) is 0 Å². The smallest absolute Gasteiger partial charge is 0.410 e. The largest absolute Gasteiger partial charge is 0.489 e. The van der Waals surface area contributed by atoms with E-state index in [2.05, 4.69) is 0 Å². The van der Waals surface area contributed by atoms with Crippen LogP contribution in [-0.4, -0.2) is 41.3 Å². The van der Waals surface area contributed by atoms with Crippen LogP contribution in [0.2, 0.25) is 0 Å². The van der Waals surface area contributed by atoms with Crippen molar-refractivity contribution in [3.63, 3.8) is 0 Å². The molecule has 1 aliphatic heterocycles. The quantitative estimate of drug-likeness (QED) is 0.452. The molecule has 0 bridgehead atoms. The molecule has 1 fully saturated rings. The van der Waals surface area contributed by atoms with Crippen LogP contribution in [0.5, 0.6) is 5.75 Å². The van der Waals surface area contributed by atoms with Gasteiger partial charge >= 0.3 is 12.1 Å². The van der Waals surface area contributed by atoms with E-state index in [0.717, 1.165) is 23.3 Å². The number of amides is 1. The van der Waals surface area contributed by atoms with E-state index in [1.165, 1.54) is 0 Å². The van der Waals surface area contributed by atoms with Gasteiger partial charge < -0.3 is 19.1 Å². The maximum atomic E-state index is 13.3. The van der Waals surface area contributed by atoms with Crippen LogP contribution in [0.3, 0.4) is 0 Å². The fourth-order valence-electron chi connectivity index (χ4n) is 4.19. The fraction of sp³-hybridized carbons (Fsp3) is 0.517. The first-order valence-electron chi connectivity index (χ1n) is 12.4. The number of hydrogen-bond donors (Lipinski definition) is 0. The third kappa shape index (κ3) is 8.61. The van der Waals surface area contributed by atoms with E-state index in [1.54, 1.807) is 4.90 Å². The van der Waals surface area contributed by atoms with Crippen molar-refractivity contribution in [2.75, 3.05) is 13.1 Å². The zero-order valence-electron chi connectivity index (χ0n) is 21.9. The molecule has 1 heterocycles. The molecule has 1 aliphatic rings. The summed E-state index contributed by atoms with van der Waals surface area (Å²) in [6, 6.07) is 17.9. The highest BCUT2D eigenvalue weighted by atomic mass is 16.6. The van der Waals surface area contributed by atoms with Gasteiger partial charge in [0.2, 0.25) is 0 Å². The average molecular weight is 482 g/mol. The predicted molar refractivity (Wildman–Crippen MR) is 136 cm³/mol. The zero-order valence-corrected chi connectivity index (χ0v) is 21.9. The van der Waals surface area contributed by atoms with Gasteiger partial charge in [-0.25, -0.2) is 4.79 Å². The molecular formula is C29H39NO5. The molecule has 2 atom stereocenters. The van der Waals surface area contributed by atoms with Gasteiger partial charge in [0.1, 0.15) is 23.6 Å². The molecule has 0 spiro atoms. The van der Waals surface area contributed by atoms with Crippen LogP contribution in [0.25, 0.3) is 0 Å². The normalized spacial score (nSPS) is 17.1. The number of hydrogen-bond acceptors (Lipinski definition) is 5. The maximum absolute atomic E-state index is 13.3. The van der Waals surface area contributed by atoms with Crippen molar-refractivity contribution in [3.05, 3.63) is 65.7 Å². The lowest BCUT2D eigenvalue weighted by atomic mass is 9.86. The summed E-state index contributed by atoms with van der Waals surface area (Å²) >= 11 is 0. The molecule has 0 radical (unpaired) electrons. The second-order valence-corrected chi connectivity index (χ2v) is 11.2. The van der Waals surface area contributed by atoms with E-state index in [1.807, 2.05) is 96.1 Å². The molecule has 2 aromatic rings. The number of ether oxygens (including phenoxy) is 3. The van der Waals surface area contributed by atoms with Crippen molar-refractivity contribution in [2.45, 2.75) is 72.2 Å². The SMILES string of the molecule is CC(C)(C)OC(=O)[C@@H](Cc1cccc(OCc2ccccc2)c1)[C@H]1CCN(C(=O)OC(C)(C)C)C1. The van der Waals surface area contributed by atoms with E-state index in [4.69, 9.17) is 14.2 Å². The van der Waals surface area contributed by atoms with Crippen LogP contribution < -0.4 is 4.74 Å². The molecule has 0 aromatic heterocycles. The monoisotopic (exact) mass is 481 g/mol. The molecule has 35 heavy (non-hydrogen) atoms. The molecule has 0 saturated carbocycles. The third-order valence-corrected chi connectivity index (χ3v) is 5.76. The van der Waals surface area contributed by atoms with Gasteiger partial charge in [-0.15, -0.1) is 0 Å². The Kier molecular flexibility index (Phi) is 8.47. The van der Waals surface area contributed by atoms with Crippen molar-refractivity contribution >= 4 is 12.1 Å². The van der Waals surface area contributed by atoms with Gasteiger partial charge in [-0.2, -0.15) is 0 Å². The second-order valence-electron chi connectivity index (χ2n) is 11.2. The minimum atomic E-state index is -0.584. The average Bonchev–Trinajstić information content (AvgIpc) is 3.25. The van der Waals surface area contributed by atoms with Gasteiger partial charge in [0, 0.05) is 13.1 Å². The lowest BCUT2D eigenvalue weighted by Crippen LogP contribution is -2.38. The van der Waals surface area contributed by atoms with Crippen LogP contribution in [0, 0.1) is 11.8 Å². The van der Waals surface area contributed by atoms with Crippen LogP contribution in [0.4, 0.5) is 4.79 Å². The highest BCUT2D eigenvalue weighted by molar-refractivity contribution is 5.74. The van der Waals surface area contributed by atoms with Crippen molar-refractivity contribution < 1.29 is 23.8 Å². The highest BCUT2D eigenvalue weighted by Crippen LogP contribution is 2.31. The molecule has 0 unspecified atom stereocenters. The lowest BCUT2D eigenvalue weighted by molar-refractivity contribution is -0.161. The van der Waals surface area contributed by atoms with Crippen LogP contribution >= 0.6 is 0 Å². The molecule has 1 saturated heterocycles. The van der Waals surface area contributed by atoms with Gasteiger partial charge in [0.25, 0.3) is 0 Å². The van der Waals surface area contributed by atoms with E-state index in [9.17, 15) is 9.59 Å². The van der Waals surface area contributed by atoms with Crippen molar-refractivity contribution in [1.82, 2.24) is 4.90 Å². The standard InChI is InChI=1S/C29H39NO5/c1-28(2,3)34-26(31)25(23-15-16-30(19-23)27(32)35-29(4,5)6)18-22-13-10-14-24(17-22)33-20-21-11-8-7-9-12-21/h7-14,17,23,25H,15-16,18-20H2,1-6H3/t23-,25-/m0/s1. The third-order valence-electron chi connectivity index (χ3n) is 5.76. The summed E-state index contributed by atoms with van der Waals surface area (Å²) in [6.45, 7) is 12.7. The summed E-state index contributed by atoms with van der Waals surface area (Å²) in [6.07, 6.45) is 0.914. The van der Waals surface area contributed by atoms with E-state index < -0.39 is 11.2 Å².